The summed E-state index contributed by atoms with van der Waals surface area (Å²) in [5.74, 6) is 0. The molecule has 0 amide bonds. The number of rotatable bonds is 4. The third kappa shape index (κ3) is 2.61. The zero-order chi connectivity index (χ0) is 9.68. The molecule has 0 bridgehead atoms. The Labute approximate surface area is 77.2 Å². The van der Waals surface area contributed by atoms with Crippen molar-refractivity contribution in [2.24, 2.45) is 0 Å². The molecule has 1 aromatic carbocycles. The first-order chi connectivity index (χ1) is 6.27. The van der Waals surface area contributed by atoms with Crippen molar-refractivity contribution in [2.45, 2.75) is 6.92 Å². The Morgan fingerprint density at radius 2 is 1.85 bits per heavy atom. The maximum absolute atomic E-state index is 8.68. The van der Waals surface area contributed by atoms with E-state index in [0.29, 0.717) is 0 Å². The predicted octanol–water partition coefficient (Wildman–Crippen LogP) is 0.718. The number of nitrogens with one attached hydrogen (secondary N) is 2. The van der Waals surface area contributed by atoms with Gasteiger partial charge in [-0.3, -0.25) is 0 Å². The van der Waals surface area contributed by atoms with Crippen molar-refractivity contribution >= 4 is 11.4 Å². The fraction of sp³-hybridized carbons (Fsp3) is 0.333. The standard InChI is InChI=1S/C9H14N2O2/c1-7-2-3-8(10-5-12)4-9(7)11-6-13/h2-4,10-13H,5-6H2,1H3. The van der Waals surface area contributed by atoms with Crippen LogP contribution in [0.25, 0.3) is 0 Å². The number of hydrogen-bond donors (Lipinski definition) is 4. The summed E-state index contributed by atoms with van der Waals surface area (Å²) in [5.41, 5.74) is 2.74. The Hall–Kier alpha value is -1.26. The van der Waals surface area contributed by atoms with Crippen LogP contribution >= 0.6 is 0 Å². The largest absolute Gasteiger partial charge is 0.377 e. The lowest BCUT2D eigenvalue weighted by atomic mass is 10.2. The SMILES string of the molecule is Cc1ccc(NCO)cc1NCO. The fourth-order valence-electron chi connectivity index (χ4n) is 1.10. The van der Waals surface area contributed by atoms with Gasteiger partial charge in [0.2, 0.25) is 0 Å². The van der Waals surface area contributed by atoms with Crippen LogP contribution in [-0.2, 0) is 0 Å². The van der Waals surface area contributed by atoms with Gasteiger partial charge in [-0.1, -0.05) is 6.07 Å². The first-order valence-electron chi connectivity index (χ1n) is 4.08. The van der Waals surface area contributed by atoms with E-state index < -0.39 is 0 Å². The summed E-state index contributed by atoms with van der Waals surface area (Å²) < 4.78 is 0. The van der Waals surface area contributed by atoms with Gasteiger partial charge in [0.15, 0.2) is 0 Å². The monoisotopic (exact) mass is 182 g/mol. The molecule has 0 heterocycles. The van der Waals surface area contributed by atoms with E-state index in [1.54, 1.807) is 0 Å². The van der Waals surface area contributed by atoms with Crippen LogP contribution in [0.5, 0.6) is 0 Å². The number of benzene rings is 1. The summed E-state index contributed by atoms with van der Waals surface area (Å²) in [6.07, 6.45) is 0. The zero-order valence-electron chi connectivity index (χ0n) is 7.54. The highest BCUT2D eigenvalue weighted by atomic mass is 16.3. The average molecular weight is 182 g/mol. The molecule has 0 spiro atoms. The van der Waals surface area contributed by atoms with Crippen molar-refractivity contribution in [3.63, 3.8) is 0 Å². The van der Waals surface area contributed by atoms with E-state index in [1.807, 2.05) is 25.1 Å². The van der Waals surface area contributed by atoms with Gasteiger partial charge >= 0.3 is 0 Å². The molecule has 1 rings (SSSR count). The van der Waals surface area contributed by atoms with Crippen LogP contribution in [0.15, 0.2) is 18.2 Å². The van der Waals surface area contributed by atoms with E-state index in [4.69, 9.17) is 10.2 Å². The van der Waals surface area contributed by atoms with Gasteiger partial charge in [-0.25, -0.2) is 0 Å². The van der Waals surface area contributed by atoms with Gasteiger partial charge in [0.25, 0.3) is 0 Å². The second-order valence-electron chi connectivity index (χ2n) is 2.70. The summed E-state index contributed by atoms with van der Waals surface area (Å²) in [4.78, 5) is 0. The molecule has 1 aromatic rings. The van der Waals surface area contributed by atoms with Crippen molar-refractivity contribution in [3.05, 3.63) is 23.8 Å². The number of anilines is 2. The van der Waals surface area contributed by atoms with Crippen LogP contribution < -0.4 is 10.6 Å². The van der Waals surface area contributed by atoms with Gasteiger partial charge in [-0.05, 0) is 24.6 Å². The highest BCUT2D eigenvalue weighted by Crippen LogP contribution is 2.19. The van der Waals surface area contributed by atoms with Crippen molar-refractivity contribution < 1.29 is 10.2 Å². The maximum Gasteiger partial charge on any atom is 0.113 e. The second kappa shape index (κ2) is 4.69. The molecule has 0 saturated carbocycles. The van der Waals surface area contributed by atoms with Gasteiger partial charge in [-0.2, -0.15) is 0 Å². The lowest BCUT2D eigenvalue weighted by molar-refractivity contribution is 0.325. The molecular weight excluding hydrogens is 168 g/mol. The normalized spacial score (nSPS) is 9.77. The summed E-state index contributed by atoms with van der Waals surface area (Å²) in [6, 6.07) is 5.62. The summed E-state index contributed by atoms with van der Waals surface area (Å²) >= 11 is 0. The molecule has 72 valence electrons. The third-order valence-electron chi connectivity index (χ3n) is 1.79. The maximum atomic E-state index is 8.68. The highest BCUT2D eigenvalue weighted by Gasteiger charge is 1.97. The average Bonchev–Trinajstić information content (AvgIpc) is 2.12. The van der Waals surface area contributed by atoms with Crippen LogP contribution in [0.2, 0.25) is 0 Å². The van der Waals surface area contributed by atoms with Gasteiger partial charge in [0.1, 0.15) is 13.5 Å². The lowest BCUT2D eigenvalue weighted by Gasteiger charge is -2.09. The first-order valence-corrected chi connectivity index (χ1v) is 4.08. The molecule has 0 fully saturated rings. The number of aliphatic hydroxyl groups is 2. The Morgan fingerprint density at radius 1 is 1.15 bits per heavy atom. The molecule has 4 heteroatoms. The van der Waals surface area contributed by atoms with E-state index in [1.165, 1.54) is 0 Å². The molecule has 0 radical (unpaired) electrons. The Kier molecular flexibility index (Phi) is 3.54. The van der Waals surface area contributed by atoms with Gasteiger partial charge in [0, 0.05) is 11.4 Å². The molecular formula is C9H14N2O2. The number of aliphatic hydroxyl groups excluding tert-OH is 2. The molecule has 0 saturated heterocycles. The molecule has 4 N–H and O–H groups in total. The third-order valence-corrected chi connectivity index (χ3v) is 1.79. The van der Waals surface area contributed by atoms with Crippen molar-refractivity contribution in [1.82, 2.24) is 0 Å². The van der Waals surface area contributed by atoms with E-state index in [2.05, 4.69) is 10.6 Å². The second-order valence-corrected chi connectivity index (χ2v) is 2.70. The van der Waals surface area contributed by atoms with Crippen LogP contribution in [0, 0.1) is 6.92 Å². The van der Waals surface area contributed by atoms with E-state index in [0.717, 1.165) is 16.9 Å². The molecule has 0 atom stereocenters. The predicted molar refractivity (Wildman–Crippen MR) is 52.6 cm³/mol. The van der Waals surface area contributed by atoms with Gasteiger partial charge in [-0.15, -0.1) is 0 Å². The summed E-state index contributed by atoms with van der Waals surface area (Å²) in [5, 5.41) is 22.9. The molecule has 0 aliphatic rings. The minimum Gasteiger partial charge on any atom is -0.377 e. The molecule has 4 nitrogen and oxygen atoms in total. The minimum atomic E-state index is -0.0956. The molecule has 0 aliphatic heterocycles. The van der Waals surface area contributed by atoms with Crippen molar-refractivity contribution in [1.29, 1.82) is 0 Å². The number of aryl methyl sites for hydroxylation is 1. The Bertz CT molecular complexity index is 276. The van der Waals surface area contributed by atoms with Crippen molar-refractivity contribution in [3.8, 4) is 0 Å². The van der Waals surface area contributed by atoms with Crippen LogP contribution in [-0.4, -0.2) is 23.7 Å². The Balaban J connectivity index is 2.83. The summed E-state index contributed by atoms with van der Waals surface area (Å²) in [7, 11) is 0. The van der Waals surface area contributed by atoms with Gasteiger partial charge < -0.3 is 20.8 Å². The quantitative estimate of drug-likeness (QED) is 0.518. The number of hydrogen-bond acceptors (Lipinski definition) is 4. The summed E-state index contributed by atoms with van der Waals surface area (Å²) in [6.45, 7) is 1.76. The highest BCUT2D eigenvalue weighted by molar-refractivity contribution is 5.60. The van der Waals surface area contributed by atoms with E-state index in [9.17, 15) is 0 Å². The molecule has 0 aliphatic carbocycles. The molecule has 13 heavy (non-hydrogen) atoms. The topological polar surface area (TPSA) is 64.5 Å². The molecule has 0 unspecified atom stereocenters. The van der Waals surface area contributed by atoms with E-state index >= 15 is 0 Å². The minimum absolute atomic E-state index is 0.0938. The van der Waals surface area contributed by atoms with E-state index in [-0.39, 0.29) is 13.5 Å². The fourth-order valence-corrected chi connectivity index (χ4v) is 1.10. The van der Waals surface area contributed by atoms with Crippen LogP contribution in [0.1, 0.15) is 5.56 Å². The zero-order valence-corrected chi connectivity index (χ0v) is 7.54. The van der Waals surface area contributed by atoms with Crippen molar-refractivity contribution in [2.75, 3.05) is 24.1 Å². The Morgan fingerprint density at radius 3 is 2.46 bits per heavy atom. The smallest absolute Gasteiger partial charge is 0.113 e. The van der Waals surface area contributed by atoms with Crippen LogP contribution in [0.4, 0.5) is 11.4 Å². The lowest BCUT2D eigenvalue weighted by Crippen LogP contribution is -2.04. The molecule has 0 aromatic heterocycles. The first kappa shape index (κ1) is 9.83. The van der Waals surface area contributed by atoms with Gasteiger partial charge in [0.05, 0.1) is 0 Å². The van der Waals surface area contributed by atoms with Crippen LogP contribution in [0.3, 0.4) is 0 Å².